The standard InChI is InChI=1S/C31H31N3O/c1-30(2,21-22-13-7-5-8-14-22)25-19-24(31(3,4)23-15-9-6-10-16-23)20-28(29(25)35)34-32-26-17-11-12-18-27(26)33-34/h5-20,35H,21H2,1-4H3. The number of hydrogen-bond donors (Lipinski definition) is 1. The minimum Gasteiger partial charge on any atom is -0.505 e. The van der Waals surface area contributed by atoms with E-state index < -0.39 is 0 Å². The van der Waals surface area contributed by atoms with Crippen LogP contribution in [-0.4, -0.2) is 20.1 Å². The molecule has 4 nitrogen and oxygen atoms in total. The van der Waals surface area contributed by atoms with Crippen LogP contribution in [0.2, 0.25) is 0 Å². The van der Waals surface area contributed by atoms with Gasteiger partial charge in [0, 0.05) is 11.0 Å². The van der Waals surface area contributed by atoms with Gasteiger partial charge in [-0.05, 0) is 46.7 Å². The molecule has 1 heterocycles. The average molecular weight is 462 g/mol. The molecule has 1 aromatic heterocycles. The smallest absolute Gasteiger partial charge is 0.146 e. The van der Waals surface area contributed by atoms with Crippen LogP contribution in [0.15, 0.2) is 97.1 Å². The number of benzene rings is 4. The number of phenolic OH excluding ortho intramolecular Hbond substituents is 1. The first-order chi connectivity index (χ1) is 16.8. The number of aromatic hydroxyl groups is 1. The Balaban J connectivity index is 1.71. The largest absolute Gasteiger partial charge is 0.505 e. The van der Waals surface area contributed by atoms with Crippen molar-refractivity contribution in [3.63, 3.8) is 0 Å². The first-order valence-corrected chi connectivity index (χ1v) is 12.1. The molecule has 35 heavy (non-hydrogen) atoms. The van der Waals surface area contributed by atoms with Gasteiger partial charge in [-0.15, -0.1) is 15.0 Å². The van der Waals surface area contributed by atoms with Crippen molar-refractivity contribution in [1.29, 1.82) is 0 Å². The predicted octanol–water partition coefficient (Wildman–Crippen LogP) is 6.97. The van der Waals surface area contributed by atoms with E-state index in [0.29, 0.717) is 5.69 Å². The van der Waals surface area contributed by atoms with Gasteiger partial charge in [-0.25, -0.2) is 0 Å². The van der Waals surface area contributed by atoms with Gasteiger partial charge in [0.1, 0.15) is 22.5 Å². The number of nitrogens with zero attached hydrogens (tertiary/aromatic N) is 3. The zero-order valence-corrected chi connectivity index (χ0v) is 20.7. The summed E-state index contributed by atoms with van der Waals surface area (Å²) in [5, 5.41) is 21.0. The summed E-state index contributed by atoms with van der Waals surface area (Å²) in [6.45, 7) is 8.81. The molecule has 0 fully saturated rings. The number of phenols is 1. The van der Waals surface area contributed by atoms with Crippen LogP contribution in [0, 0.1) is 0 Å². The van der Waals surface area contributed by atoms with Gasteiger partial charge in [0.05, 0.1) is 0 Å². The van der Waals surface area contributed by atoms with Crippen molar-refractivity contribution in [1.82, 2.24) is 15.0 Å². The number of rotatable bonds is 6. The lowest BCUT2D eigenvalue weighted by atomic mass is 9.73. The lowest BCUT2D eigenvalue weighted by Crippen LogP contribution is -2.25. The van der Waals surface area contributed by atoms with Crippen LogP contribution < -0.4 is 0 Å². The summed E-state index contributed by atoms with van der Waals surface area (Å²) in [7, 11) is 0. The zero-order valence-electron chi connectivity index (χ0n) is 20.7. The van der Waals surface area contributed by atoms with Gasteiger partial charge in [0.25, 0.3) is 0 Å². The normalized spacial score (nSPS) is 12.2. The minimum absolute atomic E-state index is 0.221. The van der Waals surface area contributed by atoms with E-state index >= 15 is 0 Å². The van der Waals surface area contributed by atoms with Gasteiger partial charge in [0.2, 0.25) is 0 Å². The van der Waals surface area contributed by atoms with Crippen molar-refractivity contribution in [2.45, 2.75) is 44.9 Å². The number of hydrogen-bond acceptors (Lipinski definition) is 3. The maximum Gasteiger partial charge on any atom is 0.146 e. The fourth-order valence-corrected chi connectivity index (χ4v) is 4.84. The Labute approximate surface area is 206 Å². The predicted molar refractivity (Wildman–Crippen MR) is 142 cm³/mol. The molecule has 0 aliphatic rings. The van der Waals surface area contributed by atoms with Crippen LogP contribution >= 0.6 is 0 Å². The molecule has 4 heteroatoms. The minimum atomic E-state index is -0.324. The fraction of sp³-hybridized carbons (Fsp3) is 0.226. The van der Waals surface area contributed by atoms with Crippen molar-refractivity contribution < 1.29 is 5.11 Å². The molecule has 0 unspecified atom stereocenters. The molecule has 0 atom stereocenters. The Morgan fingerprint density at radius 2 is 1.23 bits per heavy atom. The van der Waals surface area contributed by atoms with Crippen molar-refractivity contribution >= 4 is 11.0 Å². The molecule has 176 valence electrons. The molecule has 0 radical (unpaired) electrons. The molecule has 0 spiro atoms. The fourth-order valence-electron chi connectivity index (χ4n) is 4.84. The van der Waals surface area contributed by atoms with E-state index in [-0.39, 0.29) is 16.6 Å². The van der Waals surface area contributed by atoms with Gasteiger partial charge in [-0.2, -0.15) is 0 Å². The van der Waals surface area contributed by atoms with Gasteiger partial charge in [-0.1, -0.05) is 107 Å². The highest BCUT2D eigenvalue weighted by Gasteiger charge is 2.32. The van der Waals surface area contributed by atoms with Crippen LogP contribution in [0.25, 0.3) is 16.7 Å². The van der Waals surface area contributed by atoms with Crippen LogP contribution in [0.3, 0.4) is 0 Å². The monoisotopic (exact) mass is 461 g/mol. The maximum absolute atomic E-state index is 11.6. The number of fused-ring (bicyclic) bond motifs is 1. The molecule has 5 aromatic rings. The highest BCUT2D eigenvalue weighted by atomic mass is 16.3. The van der Waals surface area contributed by atoms with Gasteiger partial charge in [-0.3, -0.25) is 0 Å². The summed E-state index contributed by atoms with van der Waals surface area (Å²) in [5.41, 5.74) is 6.02. The summed E-state index contributed by atoms with van der Waals surface area (Å²) in [5.74, 6) is 0.221. The Kier molecular flexibility index (Phi) is 5.68. The quantitative estimate of drug-likeness (QED) is 0.297. The molecule has 5 rings (SSSR count). The zero-order chi connectivity index (χ0) is 24.6. The second kappa shape index (κ2) is 8.70. The summed E-state index contributed by atoms with van der Waals surface area (Å²) < 4.78 is 0. The van der Waals surface area contributed by atoms with E-state index in [0.717, 1.165) is 28.6 Å². The molecule has 0 aliphatic heterocycles. The highest BCUT2D eigenvalue weighted by Crippen LogP contribution is 2.42. The summed E-state index contributed by atoms with van der Waals surface area (Å²) in [6, 6.07) is 32.9. The van der Waals surface area contributed by atoms with Crippen LogP contribution in [0.4, 0.5) is 0 Å². The molecule has 1 N–H and O–H groups in total. The third kappa shape index (κ3) is 4.32. The first-order valence-electron chi connectivity index (χ1n) is 12.1. The van der Waals surface area contributed by atoms with Crippen molar-refractivity contribution in [3.8, 4) is 11.4 Å². The van der Waals surface area contributed by atoms with Crippen LogP contribution in [0.5, 0.6) is 5.75 Å². The van der Waals surface area contributed by atoms with E-state index in [1.807, 2.05) is 42.5 Å². The molecular formula is C31H31N3O. The first kappa shape index (κ1) is 22.9. The van der Waals surface area contributed by atoms with Crippen molar-refractivity contribution in [2.75, 3.05) is 0 Å². The topological polar surface area (TPSA) is 50.9 Å². The molecule has 0 amide bonds. The Morgan fingerprint density at radius 1 is 0.686 bits per heavy atom. The molecular weight excluding hydrogens is 430 g/mol. The molecule has 0 saturated carbocycles. The Hall–Kier alpha value is -3.92. The second-order valence-corrected chi connectivity index (χ2v) is 10.4. The van der Waals surface area contributed by atoms with E-state index in [2.05, 4.69) is 82.3 Å². The Morgan fingerprint density at radius 3 is 1.83 bits per heavy atom. The van der Waals surface area contributed by atoms with Crippen LogP contribution in [-0.2, 0) is 17.3 Å². The summed E-state index contributed by atoms with van der Waals surface area (Å²) >= 11 is 0. The van der Waals surface area contributed by atoms with Gasteiger partial charge in [0.15, 0.2) is 0 Å². The lowest BCUT2D eigenvalue weighted by Gasteiger charge is -2.32. The van der Waals surface area contributed by atoms with Crippen molar-refractivity contribution in [2.24, 2.45) is 0 Å². The molecule has 0 saturated heterocycles. The average Bonchev–Trinajstić information content (AvgIpc) is 3.29. The maximum atomic E-state index is 11.6. The lowest BCUT2D eigenvalue weighted by molar-refractivity contribution is 0.426. The molecule has 4 aromatic carbocycles. The van der Waals surface area contributed by atoms with E-state index in [1.54, 1.807) is 4.80 Å². The number of aromatic nitrogens is 3. The third-order valence-corrected chi connectivity index (χ3v) is 7.03. The summed E-state index contributed by atoms with van der Waals surface area (Å²) in [6.07, 6.45) is 0.796. The van der Waals surface area contributed by atoms with Gasteiger partial charge >= 0.3 is 0 Å². The molecule has 0 aliphatic carbocycles. The van der Waals surface area contributed by atoms with Gasteiger partial charge < -0.3 is 5.11 Å². The molecule has 0 bridgehead atoms. The van der Waals surface area contributed by atoms with E-state index in [4.69, 9.17) is 10.2 Å². The summed E-state index contributed by atoms with van der Waals surface area (Å²) in [4.78, 5) is 1.58. The third-order valence-electron chi connectivity index (χ3n) is 7.03. The van der Waals surface area contributed by atoms with E-state index in [9.17, 15) is 5.11 Å². The highest BCUT2D eigenvalue weighted by molar-refractivity contribution is 5.74. The van der Waals surface area contributed by atoms with E-state index in [1.165, 1.54) is 11.1 Å². The Bertz CT molecular complexity index is 1430. The SMILES string of the molecule is CC(C)(Cc1ccccc1)c1cc(C(C)(C)c2ccccc2)cc(-n2nc3ccccc3n2)c1O. The second-order valence-electron chi connectivity index (χ2n) is 10.4. The van der Waals surface area contributed by atoms with Crippen molar-refractivity contribution in [3.05, 3.63) is 119 Å². The van der Waals surface area contributed by atoms with Crippen LogP contribution in [0.1, 0.15) is 49.9 Å².